The van der Waals surface area contributed by atoms with Crippen LogP contribution >= 0.6 is 0 Å². The zero-order valence-corrected chi connectivity index (χ0v) is 12.5. The zero-order chi connectivity index (χ0) is 15.2. The average Bonchev–Trinajstić information content (AvgIpc) is 2.35. The van der Waals surface area contributed by atoms with Crippen LogP contribution in [0, 0.1) is 0 Å². The second-order valence-corrected chi connectivity index (χ2v) is 5.75. The molecule has 0 aliphatic rings. The fraction of sp³-hybridized carbons (Fsp3) is 0.375. The molecule has 1 aromatic rings. The summed E-state index contributed by atoms with van der Waals surface area (Å²) >= 11 is 0. The van der Waals surface area contributed by atoms with Gasteiger partial charge in [0.15, 0.2) is 6.35 Å². The lowest BCUT2D eigenvalue weighted by Crippen LogP contribution is -2.36. The van der Waals surface area contributed by atoms with Crippen molar-refractivity contribution in [1.82, 2.24) is 5.32 Å². The molecule has 0 aliphatic heterocycles. The Kier molecular flexibility index (Phi) is 5.80. The molecule has 1 aromatic carbocycles. The molecule has 0 fully saturated rings. The molecule has 1 unspecified atom stereocenters. The molecule has 0 aromatic heterocycles. The van der Waals surface area contributed by atoms with E-state index in [4.69, 9.17) is 16.2 Å². The van der Waals surface area contributed by atoms with Crippen LogP contribution in [0.15, 0.2) is 48.8 Å². The van der Waals surface area contributed by atoms with E-state index in [9.17, 15) is 0 Å². The Morgan fingerprint density at radius 1 is 1.35 bits per heavy atom. The van der Waals surface area contributed by atoms with Gasteiger partial charge in [0.2, 0.25) is 0 Å². The molecule has 0 spiro atoms. The molecule has 5 N–H and O–H groups in total. The Morgan fingerprint density at radius 2 is 1.95 bits per heavy atom. The van der Waals surface area contributed by atoms with E-state index in [0.29, 0.717) is 12.3 Å². The van der Waals surface area contributed by atoms with Crippen LogP contribution in [0.3, 0.4) is 0 Å². The molecule has 0 aliphatic carbocycles. The molecule has 20 heavy (non-hydrogen) atoms. The lowest BCUT2D eigenvalue weighted by Gasteiger charge is -2.19. The molecule has 0 bridgehead atoms. The number of hydrogen-bond acceptors (Lipinski definition) is 4. The van der Waals surface area contributed by atoms with Gasteiger partial charge < -0.3 is 15.8 Å². The molecule has 4 nitrogen and oxygen atoms in total. The third-order valence-corrected chi connectivity index (χ3v) is 2.81. The SMILES string of the molecule is C=C(N)/C=C\NC(N)OCc1ccc(C(C)(C)C)cc1. The highest BCUT2D eigenvalue weighted by atomic mass is 16.5. The number of allylic oxidation sites excluding steroid dienone is 1. The highest BCUT2D eigenvalue weighted by Crippen LogP contribution is 2.22. The molecule has 0 saturated carbocycles. The van der Waals surface area contributed by atoms with Crippen LogP contribution in [-0.2, 0) is 16.8 Å². The van der Waals surface area contributed by atoms with Crippen LogP contribution in [0.25, 0.3) is 0 Å². The van der Waals surface area contributed by atoms with Crippen LogP contribution in [-0.4, -0.2) is 6.35 Å². The van der Waals surface area contributed by atoms with Crippen molar-refractivity contribution in [3.8, 4) is 0 Å². The number of nitrogens with two attached hydrogens (primary N) is 2. The van der Waals surface area contributed by atoms with E-state index in [1.807, 2.05) is 0 Å². The summed E-state index contributed by atoms with van der Waals surface area (Å²) in [5, 5.41) is 2.85. The monoisotopic (exact) mass is 275 g/mol. The van der Waals surface area contributed by atoms with Crippen molar-refractivity contribution in [3.05, 3.63) is 59.9 Å². The normalized spacial score (nSPS) is 13.4. The van der Waals surface area contributed by atoms with Gasteiger partial charge in [-0.15, -0.1) is 0 Å². The van der Waals surface area contributed by atoms with Gasteiger partial charge in [0.25, 0.3) is 0 Å². The summed E-state index contributed by atoms with van der Waals surface area (Å²) in [5.74, 6) is 0. The first-order valence-corrected chi connectivity index (χ1v) is 6.62. The highest BCUT2D eigenvalue weighted by Gasteiger charge is 2.12. The van der Waals surface area contributed by atoms with Crippen molar-refractivity contribution in [2.45, 2.75) is 39.1 Å². The fourth-order valence-corrected chi connectivity index (χ4v) is 1.59. The number of rotatable bonds is 6. The molecule has 1 atom stereocenters. The molecule has 4 heteroatoms. The van der Waals surface area contributed by atoms with Gasteiger partial charge in [-0.1, -0.05) is 51.6 Å². The zero-order valence-electron chi connectivity index (χ0n) is 12.5. The minimum absolute atomic E-state index is 0.159. The number of benzene rings is 1. The predicted molar refractivity (Wildman–Crippen MR) is 83.5 cm³/mol. The smallest absolute Gasteiger partial charge is 0.181 e. The lowest BCUT2D eigenvalue weighted by molar-refractivity contribution is 0.0313. The van der Waals surface area contributed by atoms with Crippen LogP contribution in [0.2, 0.25) is 0 Å². The summed E-state index contributed by atoms with van der Waals surface area (Å²) in [5.41, 5.74) is 14.1. The van der Waals surface area contributed by atoms with Crippen molar-refractivity contribution in [1.29, 1.82) is 0 Å². The third-order valence-electron chi connectivity index (χ3n) is 2.81. The third kappa shape index (κ3) is 5.91. The van der Waals surface area contributed by atoms with Crippen molar-refractivity contribution >= 4 is 0 Å². The lowest BCUT2D eigenvalue weighted by atomic mass is 9.87. The van der Waals surface area contributed by atoms with Gasteiger partial charge in [-0.3, -0.25) is 5.73 Å². The topological polar surface area (TPSA) is 73.3 Å². The summed E-state index contributed by atoms with van der Waals surface area (Å²) in [6.07, 6.45) is 2.67. The highest BCUT2D eigenvalue weighted by molar-refractivity contribution is 5.27. The van der Waals surface area contributed by atoms with Gasteiger partial charge in [0.1, 0.15) is 0 Å². The standard InChI is InChI=1S/C16H25N3O/c1-12(17)9-10-19-15(18)20-11-13-5-7-14(8-6-13)16(2,3)4/h5-10,15,19H,1,11,17-18H2,2-4H3/b10-9-. The van der Waals surface area contributed by atoms with Crippen LogP contribution in [0.5, 0.6) is 0 Å². The molecule has 0 radical (unpaired) electrons. The fourth-order valence-electron chi connectivity index (χ4n) is 1.59. The second-order valence-electron chi connectivity index (χ2n) is 5.75. The maximum absolute atomic E-state index is 5.75. The van der Waals surface area contributed by atoms with Crippen molar-refractivity contribution in [2.24, 2.45) is 11.5 Å². The van der Waals surface area contributed by atoms with Gasteiger partial charge in [0.05, 0.1) is 6.61 Å². The van der Waals surface area contributed by atoms with Crippen molar-refractivity contribution < 1.29 is 4.74 Å². The molecule has 1 rings (SSSR count). The van der Waals surface area contributed by atoms with Crippen molar-refractivity contribution in [2.75, 3.05) is 0 Å². The Labute approximate surface area is 121 Å². The molecule has 0 saturated heterocycles. The Balaban J connectivity index is 2.44. The quantitative estimate of drug-likeness (QED) is 0.550. The number of nitrogens with one attached hydrogen (secondary N) is 1. The maximum atomic E-state index is 5.75. The first kappa shape index (κ1) is 16.3. The van der Waals surface area contributed by atoms with E-state index >= 15 is 0 Å². The van der Waals surface area contributed by atoms with Gasteiger partial charge in [0, 0.05) is 11.9 Å². The van der Waals surface area contributed by atoms with Crippen LogP contribution in [0.4, 0.5) is 0 Å². The Hall–Kier alpha value is -1.78. The molecular formula is C16H25N3O. The van der Waals surface area contributed by atoms with Crippen LogP contribution < -0.4 is 16.8 Å². The van der Waals surface area contributed by atoms with E-state index in [2.05, 4.69) is 56.9 Å². The summed E-state index contributed by atoms with van der Waals surface area (Å²) in [6.45, 7) is 10.6. The van der Waals surface area contributed by atoms with Gasteiger partial charge in [-0.05, 0) is 22.6 Å². The minimum atomic E-state index is -0.576. The Bertz CT molecular complexity index is 458. The van der Waals surface area contributed by atoms with Crippen molar-refractivity contribution in [3.63, 3.8) is 0 Å². The molecule has 0 heterocycles. The minimum Gasteiger partial charge on any atom is -0.399 e. The van der Waals surface area contributed by atoms with E-state index < -0.39 is 6.35 Å². The summed E-state index contributed by atoms with van der Waals surface area (Å²) in [6, 6.07) is 8.36. The van der Waals surface area contributed by atoms with Gasteiger partial charge >= 0.3 is 0 Å². The maximum Gasteiger partial charge on any atom is 0.181 e. The number of hydrogen-bond donors (Lipinski definition) is 3. The first-order chi connectivity index (χ1) is 9.29. The van der Waals surface area contributed by atoms with Crippen LogP contribution in [0.1, 0.15) is 31.9 Å². The summed E-state index contributed by atoms with van der Waals surface area (Å²) in [7, 11) is 0. The largest absolute Gasteiger partial charge is 0.399 e. The van der Waals surface area contributed by atoms with E-state index in [1.54, 1.807) is 12.3 Å². The Morgan fingerprint density at radius 3 is 2.45 bits per heavy atom. The predicted octanol–water partition coefficient (Wildman–Crippen LogP) is 2.32. The van der Waals surface area contributed by atoms with E-state index in [0.717, 1.165) is 5.56 Å². The van der Waals surface area contributed by atoms with E-state index in [-0.39, 0.29) is 5.41 Å². The first-order valence-electron chi connectivity index (χ1n) is 6.62. The van der Waals surface area contributed by atoms with Gasteiger partial charge in [-0.25, -0.2) is 0 Å². The van der Waals surface area contributed by atoms with Gasteiger partial charge in [-0.2, -0.15) is 0 Å². The molecule has 110 valence electrons. The molecule has 0 amide bonds. The number of ether oxygens (including phenoxy) is 1. The second kappa shape index (κ2) is 7.12. The summed E-state index contributed by atoms with van der Waals surface area (Å²) in [4.78, 5) is 0. The molecular weight excluding hydrogens is 250 g/mol. The van der Waals surface area contributed by atoms with E-state index in [1.165, 1.54) is 5.56 Å². The summed E-state index contributed by atoms with van der Waals surface area (Å²) < 4.78 is 5.48. The average molecular weight is 275 g/mol.